The Balaban J connectivity index is 0.00000144. The van der Waals surface area contributed by atoms with Crippen molar-refractivity contribution in [2.75, 3.05) is 7.11 Å². The molecule has 0 atom stereocenters. The fourth-order valence-corrected chi connectivity index (χ4v) is 1.23. The van der Waals surface area contributed by atoms with Gasteiger partial charge in [-0.25, -0.2) is 0 Å². The molecule has 0 aliphatic rings. The molecule has 1 aromatic carbocycles. The first-order valence-electron chi connectivity index (χ1n) is 3.15. The van der Waals surface area contributed by atoms with Crippen molar-refractivity contribution < 1.29 is 17.7 Å². The molecule has 0 bridgehead atoms. The Labute approximate surface area is 99.0 Å². The van der Waals surface area contributed by atoms with Gasteiger partial charge in [-0.3, -0.25) is 4.55 Å². The maximum absolute atomic E-state index is 10.5. The average Bonchev–Trinajstić information content (AvgIpc) is 2.03. The molecule has 68 valence electrons. The number of hydrogen-bond donors (Lipinski definition) is 1. The van der Waals surface area contributed by atoms with E-state index in [-0.39, 0.29) is 34.5 Å². The SMILES string of the molecule is COc1ccc(S(=O)(=O)O)cc1.[NaH]. The van der Waals surface area contributed by atoms with Crippen LogP contribution in [0.4, 0.5) is 0 Å². The third-order valence-corrected chi connectivity index (χ3v) is 2.23. The molecule has 0 amide bonds. The minimum atomic E-state index is -4.08. The number of ether oxygens (including phenoxy) is 1. The van der Waals surface area contributed by atoms with E-state index in [4.69, 9.17) is 9.29 Å². The molecule has 0 saturated carbocycles. The van der Waals surface area contributed by atoms with E-state index < -0.39 is 10.1 Å². The average molecular weight is 212 g/mol. The predicted molar refractivity (Wildman–Crippen MR) is 50.0 cm³/mol. The molecule has 0 aliphatic carbocycles. The predicted octanol–water partition coefficient (Wildman–Crippen LogP) is 0.293. The van der Waals surface area contributed by atoms with Crippen molar-refractivity contribution in [3.63, 3.8) is 0 Å². The summed E-state index contributed by atoms with van der Waals surface area (Å²) in [6, 6.07) is 5.47. The van der Waals surface area contributed by atoms with Crippen LogP contribution in [0.3, 0.4) is 0 Å². The van der Waals surface area contributed by atoms with Gasteiger partial charge in [0.25, 0.3) is 10.1 Å². The zero-order valence-electron chi connectivity index (χ0n) is 6.39. The van der Waals surface area contributed by atoms with Crippen LogP contribution in [-0.2, 0) is 10.1 Å². The fraction of sp³-hybridized carbons (Fsp3) is 0.143. The molecule has 1 N–H and O–H groups in total. The third kappa shape index (κ3) is 3.66. The maximum atomic E-state index is 10.5. The molecule has 0 fully saturated rings. The van der Waals surface area contributed by atoms with Crippen molar-refractivity contribution in [3.8, 4) is 5.75 Å². The van der Waals surface area contributed by atoms with Crippen LogP contribution in [-0.4, -0.2) is 49.6 Å². The van der Waals surface area contributed by atoms with Crippen molar-refractivity contribution in [3.05, 3.63) is 24.3 Å². The zero-order valence-corrected chi connectivity index (χ0v) is 7.21. The molecule has 0 heterocycles. The molecule has 1 rings (SSSR count). The molecule has 0 saturated heterocycles. The minimum absolute atomic E-state index is 0. The van der Waals surface area contributed by atoms with E-state index in [0.29, 0.717) is 5.75 Å². The van der Waals surface area contributed by atoms with Gasteiger partial charge in [0.1, 0.15) is 5.75 Å². The molecule has 1 aromatic rings. The number of methoxy groups -OCH3 is 1. The van der Waals surface area contributed by atoms with Gasteiger partial charge in [-0.05, 0) is 24.3 Å². The zero-order chi connectivity index (χ0) is 9.19. The van der Waals surface area contributed by atoms with E-state index in [1.165, 1.54) is 31.4 Å². The second-order valence-electron chi connectivity index (χ2n) is 2.15. The molecular formula is C7H9NaO4S. The fourth-order valence-electron chi connectivity index (χ4n) is 0.748. The molecule has 4 nitrogen and oxygen atoms in total. The normalized spacial score (nSPS) is 10.3. The summed E-state index contributed by atoms with van der Waals surface area (Å²) in [7, 11) is -2.61. The summed E-state index contributed by atoms with van der Waals surface area (Å²) in [6.45, 7) is 0. The topological polar surface area (TPSA) is 63.6 Å². The van der Waals surface area contributed by atoms with Crippen LogP contribution in [0.2, 0.25) is 0 Å². The van der Waals surface area contributed by atoms with Crippen LogP contribution in [0.25, 0.3) is 0 Å². The van der Waals surface area contributed by atoms with Gasteiger partial charge in [-0.15, -0.1) is 0 Å². The monoisotopic (exact) mass is 212 g/mol. The Morgan fingerprint density at radius 2 is 1.69 bits per heavy atom. The van der Waals surface area contributed by atoms with Crippen LogP contribution in [0, 0.1) is 0 Å². The first-order valence-corrected chi connectivity index (χ1v) is 4.59. The van der Waals surface area contributed by atoms with Crippen LogP contribution in [0.5, 0.6) is 5.75 Å². The van der Waals surface area contributed by atoms with Gasteiger partial charge in [0.2, 0.25) is 0 Å². The molecule has 0 spiro atoms. The molecule has 0 aliphatic heterocycles. The number of benzene rings is 1. The van der Waals surface area contributed by atoms with Crippen LogP contribution < -0.4 is 4.74 Å². The van der Waals surface area contributed by atoms with Crippen molar-refractivity contribution in [1.29, 1.82) is 0 Å². The molecule has 13 heavy (non-hydrogen) atoms. The van der Waals surface area contributed by atoms with E-state index in [0.717, 1.165) is 0 Å². The quantitative estimate of drug-likeness (QED) is 0.565. The Bertz CT molecular complexity index is 357. The molecule has 0 radical (unpaired) electrons. The summed E-state index contributed by atoms with van der Waals surface area (Å²) in [5.41, 5.74) is 0. The molecule has 0 unspecified atom stereocenters. The summed E-state index contributed by atoms with van der Waals surface area (Å²) in [4.78, 5) is -0.136. The molecular weight excluding hydrogens is 203 g/mol. The van der Waals surface area contributed by atoms with E-state index >= 15 is 0 Å². The Morgan fingerprint density at radius 3 is 2.00 bits per heavy atom. The standard InChI is InChI=1S/C7H8O4S.Na.H/c1-11-6-2-4-7(5-3-6)12(8,9)10;;/h2-5H,1H3,(H,8,9,10);;. The van der Waals surface area contributed by atoms with Gasteiger partial charge >= 0.3 is 29.6 Å². The van der Waals surface area contributed by atoms with Gasteiger partial charge in [0.15, 0.2) is 0 Å². The molecule has 6 heteroatoms. The van der Waals surface area contributed by atoms with Gasteiger partial charge in [0, 0.05) is 0 Å². The Kier molecular flexibility index (Phi) is 4.95. The van der Waals surface area contributed by atoms with Crippen molar-refractivity contribution >= 4 is 39.7 Å². The van der Waals surface area contributed by atoms with E-state index in [2.05, 4.69) is 0 Å². The second kappa shape index (κ2) is 4.97. The number of rotatable bonds is 2. The summed E-state index contributed by atoms with van der Waals surface area (Å²) in [5.74, 6) is 0.544. The van der Waals surface area contributed by atoms with Crippen LogP contribution in [0.1, 0.15) is 0 Å². The van der Waals surface area contributed by atoms with Gasteiger partial charge < -0.3 is 4.74 Å². The summed E-state index contributed by atoms with van der Waals surface area (Å²) < 4.78 is 34.5. The summed E-state index contributed by atoms with van der Waals surface area (Å²) >= 11 is 0. The van der Waals surface area contributed by atoms with E-state index in [1.807, 2.05) is 0 Å². The summed E-state index contributed by atoms with van der Waals surface area (Å²) in [5, 5.41) is 0. The van der Waals surface area contributed by atoms with Crippen molar-refractivity contribution in [2.45, 2.75) is 4.90 Å². The van der Waals surface area contributed by atoms with Gasteiger partial charge in [-0.2, -0.15) is 8.42 Å². The third-order valence-electron chi connectivity index (χ3n) is 1.36. The first kappa shape index (κ1) is 12.9. The Morgan fingerprint density at radius 1 is 1.23 bits per heavy atom. The molecule has 0 aromatic heterocycles. The van der Waals surface area contributed by atoms with Crippen molar-refractivity contribution in [1.82, 2.24) is 0 Å². The second-order valence-corrected chi connectivity index (χ2v) is 3.57. The van der Waals surface area contributed by atoms with Gasteiger partial charge in [0.05, 0.1) is 12.0 Å². The first-order chi connectivity index (χ1) is 5.54. The van der Waals surface area contributed by atoms with E-state index in [9.17, 15) is 8.42 Å². The van der Waals surface area contributed by atoms with Crippen LogP contribution in [0.15, 0.2) is 29.2 Å². The Hall–Kier alpha value is -0.0700. The van der Waals surface area contributed by atoms with E-state index in [1.54, 1.807) is 0 Å². The van der Waals surface area contributed by atoms with Crippen LogP contribution >= 0.6 is 0 Å². The number of hydrogen-bond acceptors (Lipinski definition) is 3. The van der Waals surface area contributed by atoms with Crippen molar-refractivity contribution in [2.24, 2.45) is 0 Å². The van der Waals surface area contributed by atoms with Gasteiger partial charge in [-0.1, -0.05) is 0 Å². The summed E-state index contributed by atoms with van der Waals surface area (Å²) in [6.07, 6.45) is 0.